The Morgan fingerprint density at radius 1 is 0.913 bits per heavy atom. The summed E-state index contributed by atoms with van der Waals surface area (Å²) in [5, 5.41) is 0. The van der Waals surface area contributed by atoms with Gasteiger partial charge in [0, 0.05) is 25.7 Å². The van der Waals surface area contributed by atoms with Crippen LogP contribution in [0.4, 0.5) is 0 Å². The fourth-order valence-electron chi connectivity index (χ4n) is 4.57. The summed E-state index contributed by atoms with van der Waals surface area (Å²) in [5.41, 5.74) is 0.568. The molecule has 1 saturated carbocycles. The average molecular weight is 343 g/mol. The highest BCUT2D eigenvalue weighted by molar-refractivity contribution is 7.91. The van der Waals surface area contributed by atoms with Gasteiger partial charge in [-0.25, -0.2) is 8.42 Å². The van der Waals surface area contributed by atoms with Crippen molar-refractivity contribution in [3.05, 3.63) is 0 Å². The molecule has 0 spiro atoms. The Hall–Kier alpha value is -0.130. The number of hydrogen-bond acceptors (Lipinski definition) is 4. The second-order valence-electron chi connectivity index (χ2n) is 8.83. The Morgan fingerprint density at radius 3 is 2.04 bits per heavy atom. The minimum atomic E-state index is -2.75. The molecule has 2 aliphatic heterocycles. The first-order chi connectivity index (χ1) is 10.8. The molecule has 0 unspecified atom stereocenters. The van der Waals surface area contributed by atoms with E-state index in [4.69, 9.17) is 0 Å². The second kappa shape index (κ2) is 7.01. The highest BCUT2D eigenvalue weighted by atomic mass is 32.2. The van der Waals surface area contributed by atoms with Gasteiger partial charge in [0.05, 0.1) is 11.5 Å². The monoisotopic (exact) mass is 342 g/mol. The summed E-state index contributed by atoms with van der Waals surface area (Å²) in [6, 6.07) is 0.618. The van der Waals surface area contributed by atoms with E-state index >= 15 is 0 Å². The van der Waals surface area contributed by atoms with E-state index in [0.29, 0.717) is 23.0 Å². The van der Waals surface area contributed by atoms with Crippen molar-refractivity contribution in [1.29, 1.82) is 0 Å². The summed E-state index contributed by atoms with van der Waals surface area (Å²) in [6.07, 6.45) is 8.01. The van der Waals surface area contributed by atoms with Crippen molar-refractivity contribution in [2.24, 2.45) is 11.3 Å². The van der Waals surface area contributed by atoms with Crippen LogP contribution in [0.1, 0.15) is 52.4 Å². The van der Waals surface area contributed by atoms with Gasteiger partial charge in [-0.05, 0) is 62.9 Å². The molecule has 4 nitrogen and oxygen atoms in total. The zero-order valence-electron chi connectivity index (χ0n) is 15.0. The van der Waals surface area contributed by atoms with Gasteiger partial charge in [-0.1, -0.05) is 13.8 Å². The van der Waals surface area contributed by atoms with Gasteiger partial charge in [0.25, 0.3) is 0 Å². The lowest BCUT2D eigenvalue weighted by molar-refractivity contribution is 0.0880. The smallest absolute Gasteiger partial charge is 0.152 e. The molecular formula is C18H34N2O2S. The molecule has 134 valence electrons. The molecule has 23 heavy (non-hydrogen) atoms. The standard InChI is InChI=1S/C18H34N2O2S/c1-18(2)7-3-16(4-8-18)15-19-9-5-17(6-10-19)20-11-13-23(21,22)14-12-20/h16-17H,3-15H2,1-2H3. The van der Waals surface area contributed by atoms with Crippen molar-refractivity contribution in [2.45, 2.75) is 58.4 Å². The number of hydrogen-bond donors (Lipinski definition) is 0. The van der Waals surface area contributed by atoms with Crippen molar-refractivity contribution >= 4 is 9.84 Å². The van der Waals surface area contributed by atoms with E-state index in [9.17, 15) is 8.42 Å². The van der Waals surface area contributed by atoms with Gasteiger partial charge < -0.3 is 4.90 Å². The Bertz CT molecular complexity index is 471. The van der Waals surface area contributed by atoms with Gasteiger partial charge in [0.15, 0.2) is 9.84 Å². The molecule has 0 amide bonds. The number of rotatable bonds is 3. The zero-order valence-corrected chi connectivity index (χ0v) is 15.8. The maximum absolute atomic E-state index is 11.6. The van der Waals surface area contributed by atoms with Gasteiger partial charge in [-0.3, -0.25) is 4.90 Å². The van der Waals surface area contributed by atoms with Gasteiger partial charge in [0.1, 0.15) is 0 Å². The molecule has 3 rings (SSSR count). The summed E-state index contributed by atoms with van der Waals surface area (Å²) in [4.78, 5) is 5.10. The summed E-state index contributed by atoms with van der Waals surface area (Å²) in [7, 11) is -2.75. The quantitative estimate of drug-likeness (QED) is 0.790. The molecule has 0 N–H and O–H groups in total. The molecule has 0 aromatic rings. The van der Waals surface area contributed by atoms with Crippen molar-refractivity contribution in [3.8, 4) is 0 Å². The van der Waals surface area contributed by atoms with Crippen LogP contribution in [0.25, 0.3) is 0 Å². The molecule has 3 aliphatic rings. The van der Waals surface area contributed by atoms with Crippen LogP contribution >= 0.6 is 0 Å². The van der Waals surface area contributed by atoms with E-state index < -0.39 is 9.84 Å². The maximum Gasteiger partial charge on any atom is 0.152 e. The van der Waals surface area contributed by atoms with Gasteiger partial charge >= 0.3 is 0 Å². The highest BCUT2D eigenvalue weighted by Crippen LogP contribution is 2.38. The molecule has 2 heterocycles. The molecule has 0 aromatic heterocycles. The van der Waals surface area contributed by atoms with E-state index in [0.717, 1.165) is 19.0 Å². The molecule has 0 atom stereocenters. The predicted octanol–water partition coefficient (Wildman–Crippen LogP) is 2.40. The molecule has 0 radical (unpaired) electrons. The van der Waals surface area contributed by atoms with E-state index in [-0.39, 0.29) is 0 Å². The summed E-state index contributed by atoms with van der Waals surface area (Å²) in [5.74, 6) is 1.63. The van der Waals surface area contributed by atoms with Crippen LogP contribution in [0.5, 0.6) is 0 Å². The molecule has 2 saturated heterocycles. The lowest BCUT2D eigenvalue weighted by atomic mass is 9.73. The third kappa shape index (κ3) is 4.93. The van der Waals surface area contributed by atoms with Crippen LogP contribution in [-0.4, -0.2) is 68.5 Å². The number of nitrogens with zero attached hydrogens (tertiary/aromatic N) is 2. The first-order valence-corrected chi connectivity index (χ1v) is 11.3. The van der Waals surface area contributed by atoms with Crippen LogP contribution in [-0.2, 0) is 9.84 Å². The van der Waals surface area contributed by atoms with E-state index in [1.54, 1.807) is 0 Å². The molecule has 5 heteroatoms. The Balaban J connectivity index is 1.39. The van der Waals surface area contributed by atoms with Crippen LogP contribution in [0, 0.1) is 11.3 Å². The SMILES string of the molecule is CC1(C)CCC(CN2CCC(N3CCS(=O)(=O)CC3)CC2)CC1. The normalized spacial score (nSPS) is 31.2. The fourth-order valence-corrected chi connectivity index (χ4v) is 5.80. The van der Waals surface area contributed by atoms with Crippen LogP contribution in [0.2, 0.25) is 0 Å². The fraction of sp³-hybridized carbons (Fsp3) is 1.00. The number of sulfone groups is 1. The molecular weight excluding hydrogens is 308 g/mol. The third-order valence-corrected chi connectivity index (χ3v) is 8.04. The Labute approximate surface area is 142 Å². The first-order valence-electron chi connectivity index (χ1n) is 9.50. The minimum Gasteiger partial charge on any atom is -0.303 e. The minimum absolute atomic E-state index is 0.366. The van der Waals surface area contributed by atoms with Crippen molar-refractivity contribution in [2.75, 3.05) is 44.2 Å². The van der Waals surface area contributed by atoms with Crippen molar-refractivity contribution in [3.63, 3.8) is 0 Å². The Kier molecular flexibility index (Phi) is 5.39. The second-order valence-corrected chi connectivity index (χ2v) is 11.1. The molecule has 0 aromatic carbocycles. The van der Waals surface area contributed by atoms with Gasteiger partial charge in [-0.2, -0.15) is 0 Å². The molecule has 1 aliphatic carbocycles. The maximum atomic E-state index is 11.6. The summed E-state index contributed by atoms with van der Waals surface area (Å²) >= 11 is 0. The summed E-state index contributed by atoms with van der Waals surface area (Å²) < 4.78 is 23.1. The van der Waals surface area contributed by atoms with Crippen molar-refractivity contribution in [1.82, 2.24) is 9.80 Å². The summed E-state index contributed by atoms with van der Waals surface area (Å²) in [6.45, 7) is 10.0. The largest absolute Gasteiger partial charge is 0.303 e. The van der Waals surface area contributed by atoms with E-state index in [1.807, 2.05) is 0 Å². The van der Waals surface area contributed by atoms with Gasteiger partial charge in [0.2, 0.25) is 0 Å². The van der Waals surface area contributed by atoms with E-state index in [1.165, 1.54) is 58.2 Å². The van der Waals surface area contributed by atoms with Crippen LogP contribution in [0.15, 0.2) is 0 Å². The van der Waals surface area contributed by atoms with Gasteiger partial charge in [-0.15, -0.1) is 0 Å². The number of piperidine rings is 1. The lowest BCUT2D eigenvalue weighted by Crippen LogP contribution is -2.51. The Morgan fingerprint density at radius 2 is 1.48 bits per heavy atom. The lowest BCUT2D eigenvalue weighted by Gasteiger charge is -2.42. The zero-order chi connectivity index (χ0) is 16.5. The highest BCUT2D eigenvalue weighted by Gasteiger charge is 2.31. The van der Waals surface area contributed by atoms with Crippen LogP contribution in [0.3, 0.4) is 0 Å². The number of likely N-dealkylation sites (tertiary alicyclic amines) is 1. The predicted molar refractivity (Wildman–Crippen MR) is 95.4 cm³/mol. The molecule has 3 fully saturated rings. The molecule has 0 bridgehead atoms. The average Bonchev–Trinajstić information content (AvgIpc) is 2.50. The third-order valence-electron chi connectivity index (χ3n) is 6.43. The van der Waals surface area contributed by atoms with Crippen molar-refractivity contribution < 1.29 is 8.42 Å². The van der Waals surface area contributed by atoms with Crippen LogP contribution < -0.4 is 0 Å². The van der Waals surface area contributed by atoms with E-state index in [2.05, 4.69) is 23.6 Å². The topological polar surface area (TPSA) is 40.6 Å². The first kappa shape index (κ1) is 17.7.